The van der Waals surface area contributed by atoms with Gasteiger partial charge in [-0.05, 0) is 45.7 Å². The van der Waals surface area contributed by atoms with E-state index in [9.17, 15) is 0 Å². The molecule has 2 atom stereocenters. The number of hydrogen-bond donors (Lipinski definition) is 0. The van der Waals surface area contributed by atoms with Gasteiger partial charge < -0.3 is 9.47 Å². The Morgan fingerprint density at radius 3 is 2.84 bits per heavy atom. The van der Waals surface area contributed by atoms with Crippen molar-refractivity contribution in [2.45, 2.75) is 52.0 Å². The molecule has 31 heavy (non-hydrogen) atoms. The van der Waals surface area contributed by atoms with Crippen molar-refractivity contribution in [2.75, 3.05) is 18.1 Å². The van der Waals surface area contributed by atoms with Gasteiger partial charge in [0.2, 0.25) is 5.79 Å². The Labute approximate surface area is 198 Å². The van der Waals surface area contributed by atoms with E-state index < -0.39 is 5.79 Å². The maximum atomic E-state index is 6.50. The van der Waals surface area contributed by atoms with E-state index in [-0.39, 0.29) is 6.10 Å². The molecule has 5 nitrogen and oxygen atoms in total. The van der Waals surface area contributed by atoms with Crippen LogP contribution in [0.2, 0.25) is 10.0 Å². The van der Waals surface area contributed by atoms with Gasteiger partial charge in [-0.2, -0.15) is 16.9 Å². The van der Waals surface area contributed by atoms with Crippen LogP contribution in [0.3, 0.4) is 0 Å². The van der Waals surface area contributed by atoms with E-state index in [1.807, 2.05) is 17.8 Å². The largest absolute Gasteiger partial charge is 0.342 e. The van der Waals surface area contributed by atoms with E-state index in [2.05, 4.69) is 43.0 Å². The molecule has 3 rings (SSSR count). The smallest absolute Gasteiger partial charge is 0.217 e. The van der Waals surface area contributed by atoms with Crippen molar-refractivity contribution in [1.29, 1.82) is 0 Å². The van der Waals surface area contributed by atoms with Gasteiger partial charge in [0.1, 0.15) is 19.2 Å². The Bertz CT molecular complexity index is 914. The third kappa shape index (κ3) is 7.09. The fourth-order valence-corrected chi connectivity index (χ4v) is 4.89. The highest BCUT2D eigenvalue weighted by Crippen LogP contribution is 2.40. The van der Waals surface area contributed by atoms with Crippen molar-refractivity contribution in [3.8, 4) is 0 Å². The third-order valence-electron chi connectivity index (χ3n) is 4.98. The lowest BCUT2D eigenvalue weighted by atomic mass is 10.1. The summed E-state index contributed by atoms with van der Waals surface area (Å²) in [6.45, 7) is 7.32. The fraction of sp³-hybridized carbons (Fsp3) is 0.478. The SMILES string of the molecule is CC(C)=CCC/C(C)=C/CSC[C@H]1CO[C@](Cn2cncn2)(c2ccc(Cl)cc2Cl)O1. The van der Waals surface area contributed by atoms with Crippen LogP contribution in [0.5, 0.6) is 0 Å². The lowest BCUT2D eigenvalue weighted by molar-refractivity contribution is -0.186. The molecule has 2 heterocycles. The topological polar surface area (TPSA) is 49.2 Å². The van der Waals surface area contributed by atoms with Crippen LogP contribution in [0, 0.1) is 0 Å². The monoisotopic (exact) mass is 481 g/mol. The zero-order chi connectivity index (χ0) is 22.3. The number of nitrogens with zero attached hydrogens (tertiary/aromatic N) is 3. The van der Waals surface area contributed by atoms with Gasteiger partial charge in [0.15, 0.2) is 0 Å². The molecule has 0 radical (unpaired) electrons. The quantitative estimate of drug-likeness (QED) is 0.295. The number of thioether (sulfide) groups is 1. The summed E-state index contributed by atoms with van der Waals surface area (Å²) in [7, 11) is 0. The van der Waals surface area contributed by atoms with Crippen LogP contribution >= 0.6 is 35.0 Å². The molecule has 1 aliphatic heterocycles. The summed E-state index contributed by atoms with van der Waals surface area (Å²) >= 11 is 14.4. The van der Waals surface area contributed by atoms with Crippen molar-refractivity contribution >= 4 is 35.0 Å². The molecule has 1 aromatic heterocycles. The average molecular weight is 482 g/mol. The fourth-order valence-electron chi connectivity index (χ4n) is 3.37. The van der Waals surface area contributed by atoms with Crippen molar-refractivity contribution in [2.24, 2.45) is 0 Å². The van der Waals surface area contributed by atoms with Gasteiger partial charge in [0, 0.05) is 22.1 Å². The Hall–Kier alpha value is -1.31. The summed E-state index contributed by atoms with van der Waals surface area (Å²) in [6.07, 6.45) is 9.88. The normalized spacial score (nSPS) is 21.5. The molecule has 1 aliphatic rings. The second kappa shape index (κ2) is 11.5. The number of allylic oxidation sites excluding steroid dienone is 3. The van der Waals surface area contributed by atoms with Crippen molar-refractivity contribution < 1.29 is 9.47 Å². The number of halogens is 2. The summed E-state index contributed by atoms with van der Waals surface area (Å²) in [5.41, 5.74) is 3.54. The van der Waals surface area contributed by atoms with E-state index in [0.717, 1.165) is 29.9 Å². The summed E-state index contributed by atoms with van der Waals surface area (Å²) in [6, 6.07) is 5.36. The second-order valence-corrected chi connectivity index (χ2v) is 9.85. The molecule has 1 aromatic carbocycles. The van der Waals surface area contributed by atoms with Crippen LogP contribution in [-0.4, -0.2) is 39.0 Å². The Morgan fingerprint density at radius 1 is 1.29 bits per heavy atom. The van der Waals surface area contributed by atoms with Gasteiger partial charge in [-0.15, -0.1) is 0 Å². The van der Waals surface area contributed by atoms with Gasteiger partial charge in [-0.1, -0.05) is 52.6 Å². The third-order valence-corrected chi connectivity index (χ3v) is 6.54. The molecule has 8 heteroatoms. The highest BCUT2D eigenvalue weighted by Gasteiger charge is 2.45. The Morgan fingerprint density at radius 2 is 2.13 bits per heavy atom. The summed E-state index contributed by atoms with van der Waals surface area (Å²) in [4.78, 5) is 4.02. The first-order valence-corrected chi connectivity index (χ1v) is 12.3. The molecule has 1 saturated heterocycles. The predicted molar refractivity (Wildman–Crippen MR) is 129 cm³/mol. The van der Waals surface area contributed by atoms with E-state index in [4.69, 9.17) is 32.7 Å². The number of rotatable bonds is 10. The molecular weight excluding hydrogens is 453 g/mol. The first kappa shape index (κ1) is 24.3. The van der Waals surface area contributed by atoms with E-state index >= 15 is 0 Å². The molecule has 0 unspecified atom stereocenters. The minimum atomic E-state index is -1.02. The lowest BCUT2D eigenvalue weighted by Gasteiger charge is -2.29. The lowest BCUT2D eigenvalue weighted by Crippen LogP contribution is -2.34. The molecule has 0 aliphatic carbocycles. The van der Waals surface area contributed by atoms with Crippen molar-refractivity contribution in [1.82, 2.24) is 14.8 Å². The molecule has 2 aromatic rings. The molecule has 0 bridgehead atoms. The van der Waals surface area contributed by atoms with E-state index in [1.165, 1.54) is 17.5 Å². The molecule has 0 spiro atoms. The number of hydrogen-bond acceptors (Lipinski definition) is 5. The second-order valence-electron chi connectivity index (χ2n) is 7.93. The van der Waals surface area contributed by atoms with Crippen LogP contribution in [0.4, 0.5) is 0 Å². The van der Waals surface area contributed by atoms with Crippen LogP contribution in [0.1, 0.15) is 39.2 Å². The minimum absolute atomic E-state index is 0.0420. The molecule has 0 amide bonds. The highest BCUT2D eigenvalue weighted by molar-refractivity contribution is 7.99. The highest BCUT2D eigenvalue weighted by atomic mass is 35.5. The Balaban J connectivity index is 1.60. The predicted octanol–water partition coefficient (Wildman–Crippen LogP) is 6.28. The van der Waals surface area contributed by atoms with E-state index in [1.54, 1.807) is 23.1 Å². The summed E-state index contributed by atoms with van der Waals surface area (Å²) in [5, 5.41) is 5.29. The van der Waals surface area contributed by atoms with Crippen molar-refractivity contribution in [3.05, 3.63) is 69.8 Å². The van der Waals surface area contributed by atoms with Gasteiger partial charge in [-0.3, -0.25) is 0 Å². The first-order chi connectivity index (χ1) is 14.9. The van der Waals surface area contributed by atoms with Gasteiger partial charge in [0.05, 0.1) is 17.7 Å². The minimum Gasteiger partial charge on any atom is -0.342 e. The van der Waals surface area contributed by atoms with Crippen LogP contribution in [0.25, 0.3) is 0 Å². The maximum absolute atomic E-state index is 6.50. The van der Waals surface area contributed by atoms with E-state index in [0.29, 0.717) is 23.2 Å². The van der Waals surface area contributed by atoms with Crippen LogP contribution in [-0.2, 0) is 21.8 Å². The summed E-state index contributed by atoms with van der Waals surface area (Å²) in [5.74, 6) is 0.775. The zero-order valence-corrected chi connectivity index (χ0v) is 20.5. The number of aromatic nitrogens is 3. The van der Waals surface area contributed by atoms with Gasteiger partial charge in [0.25, 0.3) is 0 Å². The van der Waals surface area contributed by atoms with Crippen LogP contribution in [0.15, 0.2) is 54.2 Å². The van der Waals surface area contributed by atoms with Crippen LogP contribution < -0.4 is 0 Å². The maximum Gasteiger partial charge on any atom is 0.217 e. The first-order valence-electron chi connectivity index (χ1n) is 10.3. The zero-order valence-electron chi connectivity index (χ0n) is 18.2. The standard InChI is InChI=1S/C23H29Cl2N3O2S/c1-17(2)5-4-6-18(3)9-10-31-13-20-12-29-23(30-20,14-28-16-26-15-27-28)21-8-7-19(24)11-22(21)25/h5,7-9,11,15-16,20H,4,6,10,12-14H2,1-3H3/b18-9+/t20-,23+/m1/s1. The number of ether oxygens (including phenoxy) is 2. The molecule has 0 saturated carbocycles. The Kier molecular flexibility index (Phi) is 9.05. The molecule has 0 N–H and O–H groups in total. The molecular formula is C23H29Cl2N3O2S. The molecule has 168 valence electrons. The van der Waals surface area contributed by atoms with Gasteiger partial charge >= 0.3 is 0 Å². The molecule has 1 fully saturated rings. The van der Waals surface area contributed by atoms with Gasteiger partial charge in [-0.25, -0.2) is 9.67 Å². The van der Waals surface area contributed by atoms with Crippen molar-refractivity contribution in [3.63, 3.8) is 0 Å². The average Bonchev–Trinajstić information content (AvgIpc) is 3.36. The summed E-state index contributed by atoms with van der Waals surface area (Å²) < 4.78 is 14.3. The number of benzene rings is 1.